The van der Waals surface area contributed by atoms with E-state index in [-0.39, 0.29) is 17.7 Å². The first-order chi connectivity index (χ1) is 7.91. The SMILES string of the molecule is CC(CCl)(CCl)NC(=O)c1ccc(Cl)c(Br)c1. The van der Waals surface area contributed by atoms with Crippen LogP contribution in [0.4, 0.5) is 0 Å². The van der Waals surface area contributed by atoms with Gasteiger partial charge in [-0.1, -0.05) is 11.6 Å². The van der Waals surface area contributed by atoms with Gasteiger partial charge >= 0.3 is 0 Å². The number of amides is 1. The van der Waals surface area contributed by atoms with Crippen LogP contribution < -0.4 is 5.32 Å². The number of halogens is 4. The topological polar surface area (TPSA) is 29.1 Å². The van der Waals surface area contributed by atoms with Crippen molar-refractivity contribution in [3.8, 4) is 0 Å². The Morgan fingerprint density at radius 2 is 2.00 bits per heavy atom. The smallest absolute Gasteiger partial charge is 0.251 e. The second-order valence-electron chi connectivity index (χ2n) is 3.91. The van der Waals surface area contributed by atoms with Crippen molar-refractivity contribution in [3.05, 3.63) is 33.3 Å². The van der Waals surface area contributed by atoms with E-state index < -0.39 is 5.54 Å². The van der Waals surface area contributed by atoms with Crippen molar-refractivity contribution in [2.24, 2.45) is 0 Å². The third-order valence-electron chi connectivity index (χ3n) is 2.19. The summed E-state index contributed by atoms with van der Waals surface area (Å²) in [6.45, 7) is 1.79. The second-order valence-corrected chi connectivity index (χ2v) is 5.71. The van der Waals surface area contributed by atoms with Crippen LogP contribution in [0.5, 0.6) is 0 Å². The number of benzene rings is 1. The predicted molar refractivity (Wildman–Crippen MR) is 76.5 cm³/mol. The summed E-state index contributed by atoms with van der Waals surface area (Å²) in [5, 5.41) is 3.34. The molecular weight excluding hydrogens is 348 g/mol. The van der Waals surface area contributed by atoms with Crippen molar-refractivity contribution in [1.82, 2.24) is 5.32 Å². The molecule has 0 spiro atoms. The van der Waals surface area contributed by atoms with E-state index in [1.807, 2.05) is 0 Å². The normalized spacial score (nSPS) is 11.4. The number of hydrogen-bond acceptors (Lipinski definition) is 1. The van der Waals surface area contributed by atoms with Crippen molar-refractivity contribution in [3.63, 3.8) is 0 Å². The zero-order chi connectivity index (χ0) is 13.1. The number of alkyl halides is 2. The molecule has 0 atom stereocenters. The van der Waals surface area contributed by atoms with Gasteiger partial charge in [0.1, 0.15) is 0 Å². The summed E-state index contributed by atoms with van der Waals surface area (Å²) in [7, 11) is 0. The quantitative estimate of drug-likeness (QED) is 0.807. The Morgan fingerprint density at radius 1 is 1.41 bits per heavy atom. The minimum absolute atomic E-state index is 0.230. The van der Waals surface area contributed by atoms with Crippen LogP contribution in [-0.4, -0.2) is 23.2 Å². The van der Waals surface area contributed by atoms with Crippen LogP contribution in [0.2, 0.25) is 5.02 Å². The lowest BCUT2D eigenvalue weighted by molar-refractivity contribution is 0.0921. The molecule has 0 saturated carbocycles. The van der Waals surface area contributed by atoms with Gasteiger partial charge in [0.25, 0.3) is 5.91 Å². The summed E-state index contributed by atoms with van der Waals surface area (Å²) >= 11 is 20.7. The molecule has 2 nitrogen and oxygen atoms in total. The Balaban J connectivity index is 2.86. The first-order valence-corrected chi connectivity index (χ1v) is 7.05. The van der Waals surface area contributed by atoms with E-state index in [1.165, 1.54) is 0 Å². The van der Waals surface area contributed by atoms with Gasteiger partial charge in [0.15, 0.2) is 0 Å². The lowest BCUT2D eigenvalue weighted by Crippen LogP contribution is -2.49. The first-order valence-electron chi connectivity index (χ1n) is 4.81. The molecule has 94 valence electrons. The van der Waals surface area contributed by atoms with E-state index >= 15 is 0 Å². The average molecular weight is 359 g/mol. The molecule has 1 aromatic rings. The summed E-state index contributed by atoms with van der Waals surface area (Å²) in [4.78, 5) is 11.9. The van der Waals surface area contributed by atoms with E-state index in [0.717, 1.165) is 0 Å². The van der Waals surface area contributed by atoms with Gasteiger partial charge < -0.3 is 5.32 Å². The third kappa shape index (κ3) is 4.02. The van der Waals surface area contributed by atoms with E-state index in [1.54, 1.807) is 25.1 Å². The Labute approximate surface area is 124 Å². The fourth-order valence-electron chi connectivity index (χ4n) is 1.09. The minimum Gasteiger partial charge on any atom is -0.344 e. The molecule has 0 aliphatic carbocycles. The van der Waals surface area contributed by atoms with Gasteiger partial charge in [0.2, 0.25) is 0 Å². The first kappa shape index (κ1) is 15.1. The van der Waals surface area contributed by atoms with Gasteiger partial charge in [-0.05, 0) is 41.1 Å². The highest BCUT2D eigenvalue weighted by atomic mass is 79.9. The summed E-state index contributed by atoms with van der Waals surface area (Å²) in [5.41, 5.74) is -0.116. The molecule has 0 fully saturated rings. The highest BCUT2D eigenvalue weighted by molar-refractivity contribution is 9.10. The Morgan fingerprint density at radius 3 is 2.47 bits per heavy atom. The number of rotatable bonds is 4. The van der Waals surface area contributed by atoms with Crippen LogP contribution in [0.15, 0.2) is 22.7 Å². The molecule has 1 N–H and O–H groups in total. The number of nitrogens with one attached hydrogen (secondary N) is 1. The van der Waals surface area contributed by atoms with E-state index in [9.17, 15) is 4.79 Å². The molecule has 1 amide bonds. The third-order valence-corrected chi connectivity index (χ3v) is 4.58. The van der Waals surface area contributed by atoms with Crippen LogP contribution in [0, 0.1) is 0 Å². The molecule has 0 unspecified atom stereocenters. The number of carbonyl (C=O) groups is 1. The zero-order valence-electron chi connectivity index (χ0n) is 9.07. The highest BCUT2D eigenvalue weighted by Crippen LogP contribution is 2.23. The summed E-state index contributed by atoms with van der Waals surface area (Å²) in [5.74, 6) is 0.264. The minimum atomic E-state index is -0.619. The number of carbonyl (C=O) groups excluding carboxylic acids is 1. The fraction of sp³-hybridized carbons (Fsp3) is 0.364. The van der Waals surface area contributed by atoms with E-state index in [0.29, 0.717) is 15.1 Å². The van der Waals surface area contributed by atoms with Crippen LogP contribution >= 0.6 is 50.7 Å². The van der Waals surface area contributed by atoms with Gasteiger partial charge in [-0.3, -0.25) is 4.79 Å². The van der Waals surface area contributed by atoms with Crippen molar-refractivity contribution in [2.45, 2.75) is 12.5 Å². The van der Waals surface area contributed by atoms with Gasteiger partial charge in [-0.2, -0.15) is 0 Å². The molecule has 0 aliphatic heterocycles. The molecule has 0 radical (unpaired) electrons. The maximum Gasteiger partial charge on any atom is 0.251 e. The highest BCUT2D eigenvalue weighted by Gasteiger charge is 2.24. The molecule has 1 aromatic carbocycles. The van der Waals surface area contributed by atoms with Crippen LogP contribution in [0.3, 0.4) is 0 Å². The predicted octanol–water partition coefficient (Wildman–Crippen LogP) is 4.07. The zero-order valence-corrected chi connectivity index (χ0v) is 12.9. The van der Waals surface area contributed by atoms with Gasteiger partial charge in [-0.15, -0.1) is 23.2 Å². The van der Waals surface area contributed by atoms with Gasteiger partial charge in [0, 0.05) is 21.8 Å². The monoisotopic (exact) mass is 357 g/mol. The maximum absolute atomic E-state index is 11.9. The lowest BCUT2D eigenvalue weighted by Gasteiger charge is -2.25. The molecule has 1 rings (SSSR count). The van der Waals surface area contributed by atoms with Crippen molar-refractivity contribution in [2.75, 3.05) is 11.8 Å². The summed E-state index contributed by atoms with van der Waals surface area (Å²) in [6.07, 6.45) is 0. The number of hydrogen-bond donors (Lipinski definition) is 1. The molecule has 0 aliphatic rings. The lowest BCUT2D eigenvalue weighted by atomic mass is 10.1. The Bertz CT molecular complexity index is 421. The summed E-state index contributed by atoms with van der Waals surface area (Å²) in [6, 6.07) is 4.95. The molecule has 0 heterocycles. The van der Waals surface area contributed by atoms with E-state index in [2.05, 4.69) is 21.2 Å². The standard InChI is InChI=1S/C11H11BrCl3NO/c1-11(5-13,6-14)16-10(17)7-2-3-9(15)8(12)4-7/h2-4H,5-6H2,1H3,(H,16,17). The van der Waals surface area contributed by atoms with E-state index in [4.69, 9.17) is 34.8 Å². The summed E-state index contributed by atoms with van der Waals surface area (Å²) < 4.78 is 0.672. The van der Waals surface area contributed by atoms with Crippen molar-refractivity contribution in [1.29, 1.82) is 0 Å². The van der Waals surface area contributed by atoms with Gasteiger partial charge in [-0.25, -0.2) is 0 Å². The Hall–Kier alpha value is 0.0400. The van der Waals surface area contributed by atoms with Gasteiger partial charge in [0.05, 0.1) is 10.6 Å². The van der Waals surface area contributed by atoms with Crippen molar-refractivity contribution < 1.29 is 4.79 Å². The van der Waals surface area contributed by atoms with Crippen LogP contribution in [-0.2, 0) is 0 Å². The molecule has 6 heteroatoms. The molecule has 0 bridgehead atoms. The van der Waals surface area contributed by atoms with Crippen LogP contribution in [0.25, 0.3) is 0 Å². The van der Waals surface area contributed by atoms with Crippen molar-refractivity contribution >= 4 is 56.6 Å². The molecule has 0 aromatic heterocycles. The van der Waals surface area contributed by atoms with Crippen LogP contribution in [0.1, 0.15) is 17.3 Å². The molecule has 0 saturated heterocycles. The molecular formula is C11H11BrCl3NO. The average Bonchev–Trinajstić information content (AvgIpc) is 2.32. The maximum atomic E-state index is 11.9. The fourth-order valence-corrected chi connectivity index (χ4v) is 2.00. The molecule has 17 heavy (non-hydrogen) atoms. The second kappa shape index (κ2) is 6.28. The Kier molecular flexibility index (Phi) is 5.58. The largest absolute Gasteiger partial charge is 0.344 e.